The molecular formula is C24H27N5O. The van der Waals surface area contributed by atoms with Gasteiger partial charge in [-0.05, 0) is 56.5 Å². The average molecular weight is 402 g/mol. The van der Waals surface area contributed by atoms with Crippen molar-refractivity contribution in [3.05, 3.63) is 77.5 Å². The zero-order chi connectivity index (χ0) is 20.9. The van der Waals surface area contributed by atoms with Crippen molar-refractivity contribution in [1.82, 2.24) is 15.3 Å². The molecule has 2 aromatic carbocycles. The van der Waals surface area contributed by atoms with Crippen LogP contribution >= 0.6 is 0 Å². The van der Waals surface area contributed by atoms with Gasteiger partial charge in [0, 0.05) is 36.6 Å². The Morgan fingerprint density at radius 3 is 2.47 bits per heavy atom. The maximum absolute atomic E-state index is 12.5. The molecule has 2 heterocycles. The van der Waals surface area contributed by atoms with Crippen molar-refractivity contribution in [2.75, 3.05) is 23.3 Å². The number of carbonyl (C=O) groups is 1. The number of benzene rings is 2. The number of piperidine rings is 1. The molecule has 30 heavy (non-hydrogen) atoms. The maximum Gasteiger partial charge on any atom is 0.251 e. The molecule has 0 spiro atoms. The van der Waals surface area contributed by atoms with Crippen LogP contribution in [0.3, 0.4) is 0 Å². The fraction of sp³-hybridized carbons (Fsp3) is 0.292. The molecule has 6 heteroatoms. The van der Waals surface area contributed by atoms with E-state index in [2.05, 4.69) is 33.5 Å². The second-order valence-electron chi connectivity index (χ2n) is 7.78. The van der Waals surface area contributed by atoms with Crippen LogP contribution in [0.15, 0.2) is 60.8 Å². The molecular weight excluding hydrogens is 374 g/mol. The van der Waals surface area contributed by atoms with E-state index in [1.165, 1.54) is 5.56 Å². The number of nitrogens with zero attached hydrogens (tertiary/aromatic N) is 3. The van der Waals surface area contributed by atoms with Crippen molar-refractivity contribution in [3.8, 4) is 0 Å². The zero-order valence-corrected chi connectivity index (χ0v) is 17.4. The van der Waals surface area contributed by atoms with E-state index in [4.69, 9.17) is 4.98 Å². The van der Waals surface area contributed by atoms with Gasteiger partial charge in [-0.3, -0.25) is 4.79 Å². The van der Waals surface area contributed by atoms with E-state index in [-0.39, 0.29) is 11.9 Å². The molecule has 1 aliphatic heterocycles. The molecule has 1 saturated heterocycles. The standard InChI is InChI=1S/C24H27N5O/c1-17-7-9-19(10-8-17)23(30)26-20-12-15-29(16-13-20)24-25-14-11-22(28-24)27-21-6-4-3-5-18(21)2/h3-11,14,20H,12-13,15-16H2,1-2H3,(H,26,30)(H,25,27,28). The summed E-state index contributed by atoms with van der Waals surface area (Å²) in [5.74, 6) is 1.50. The molecule has 1 amide bonds. The van der Waals surface area contributed by atoms with E-state index in [0.29, 0.717) is 5.56 Å². The minimum atomic E-state index is -0.00544. The Morgan fingerprint density at radius 2 is 1.73 bits per heavy atom. The molecule has 1 aliphatic rings. The highest BCUT2D eigenvalue weighted by Crippen LogP contribution is 2.21. The number of anilines is 3. The first-order chi connectivity index (χ1) is 14.6. The van der Waals surface area contributed by atoms with Gasteiger partial charge in [-0.1, -0.05) is 35.9 Å². The van der Waals surface area contributed by atoms with Crippen LogP contribution in [-0.2, 0) is 0 Å². The number of carbonyl (C=O) groups excluding carboxylic acids is 1. The van der Waals surface area contributed by atoms with Gasteiger partial charge in [0.05, 0.1) is 0 Å². The second-order valence-corrected chi connectivity index (χ2v) is 7.78. The van der Waals surface area contributed by atoms with Gasteiger partial charge in [-0.2, -0.15) is 4.98 Å². The Kier molecular flexibility index (Phi) is 5.93. The number of hydrogen-bond acceptors (Lipinski definition) is 5. The number of rotatable bonds is 5. The van der Waals surface area contributed by atoms with Gasteiger partial charge in [-0.25, -0.2) is 4.98 Å². The maximum atomic E-state index is 12.5. The Morgan fingerprint density at radius 1 is 1.00 bits per heavy atom. The van der Waals surface area contributed by atoms with E-state index in [0.717, 1.165) is 48.9 Å². The Balaban J connectivity index is 1.34. The van der Waals surface area contributed by atoms with E-state index < -0.39 is 0 Å². The highest BCUT2D eigenvalue weighted by atomic mass is 16.1. The molecule has 0 bridgehead atoms. The number of amides is 1. The van der Waals surface area contributed by atoms with Gasteiger partial charge in [0.1, 0.15) is 5.82 Å². The third kappa shape index (κ3) is 4.76. The third-order valence-corrected chi connectivity index (χ3v) is 5.48. The molecule has 6 nitrogen and oxygen atoms in total. The lowest BCUT2D eigenvalue weighted by Crippen LogP contribution is -2.45. The predicted octanol–water partition coefficient (Wildman–Crippen LogP) is 4.24. The van der Waals surface area contributed by atoms with Crippen LogP contribution < -0.4 is 15.5 Å². The summed E-state index contributed by atoms with van der Waals surface area (Å²) in [5, 5.41) is 6.53. The van der Waals surface area contributed by atoms with Crippen LogP contribution in [0, 0.1) is 13.8 Å². The lowest BCUT2D eigenvalue weighted by atomic mass is 10.0. The van der Waals surface area contributed by atoms with E-state index >= 15 is 0 Å². The van der Waals surface area contributed by atoms with E-state index in [1.54, 1.807) is 6.20 Å². The minimum absolute atomic E-state index is 0.00544. The molecule has 154 valence electrons. The van der Waals surface area contributed by atoms with Gasteiger partial charge in [-0.15, -0.1) is 0 Å². The van der Waals surface area contributed by atoms with Gasteiger partial charge in [0.25, 0.3) is 5.91 Å². The number of aromatic nitrogens is 2. The Labute approximate surface area is 177 Å². The summed E-state index contributed by atoms with van der Waals surface area (Å²) in [4.78, 5) is 23.8. The van der Waals surface area contributed by atoms with Crippen molar-refractivity contribution in [1.29, 1.82) is 0 Å². The van der Waals surface area contributed by atoms with Crippen molar-refractivity contribution >= 4 is 23.4 Å². The van der Waals surface area contributed by atoms with Crippen molar-refractivity contribution in [2.45, 2.75) is 32.7 Å². The molecule has 0 radical (unpaired) electrons. The normalized spacial score (nSPS) is 14.4. The molecule has 3 aromatic rings. The molecule has 4 rings (SSSR count). The quantitative estimate of drug-likeness (QED) is 0.669. The van der Waals surface area contributed by atoms with Crippen LogP contribution in [-0.4, -0.2) is 35.0 Å². The summed E-state index contributed by atoms with van der Waals surface area (Å²) in [7, 11) is 0. The molecule has 2 N–H and O–H groups in total. The minimum Gasteiger partial charge on any atom is -0.349 e. The first-order valence-electron chi connectivity index (χ1n) is 10.4. The molecule has 1 fully saturated rings. The molecule has 0 unspecified atom stereocenters. The summed E-state index contributed by atoms with van der Waals surface area (Å²) < 4.78 is 0. The average Bonchev–Trinajstić information content (AvgIpc) is 2.76. The summed E-state index contributed by atoms with van der Waals surface area (Å²) >= 11 is 0. The van der Waals surface area contributed by atoms with Crippen LogP contribution in [0.1, 0.15) is 34.3 Å². The zero-order valence-electron chi connectivity index (χ0n) is 17.4. The summed E-state index contributed by atoms with van der Waals surface area (Å²) in [6, 6.07) is 17.9. The monoisotopic (exact) mass is 401 g/mol. The molecule has 0 aliphatic carbocycles. The fourth-order valence-electron chi connectivity index (χ4n) is 3.62. The van der Waals surface area contributed by atoms with Crippen LogP contribution in [0.2, 0.25) is 0 Å². The molecule has 1 aromatic heterocycles. The van der Waals surface area contributed by atoms with Crippen LogP contribution in [0.25, 0.3) is 0 Å². The van der Waals surface area contributed by atoms with Gasteiger partial charge in [0.2, 0.25) is 5.95 Å². The lowest BCUT2D eigenvalue weighted by Gasteiger charge is -2.32. The largest absolute Gasteiger partial charge is 0.349 e. The number of para-hydroxylation sites is 1. The van der Waals surface area contributed by atoms with Crippen molar-refractivity contribution < 1.29 is 4.79 Å². The Bertz CT molecular complexity index is 1010. The molecule has 0 saturated carbocycles. The summed E-state index contributed by atoms with van der Waals surface area (Å²) in [5.41, 5.74) is 4.07. The van der Waals surface area contributed by atoms with E-state index in [9.17, 15) is 4.79 Å². The van der Waals surface area contributed by atoms with Crippen LogP contribution in [0.5, 0.6) is 0 Å². The summed E-state index contributed by atoms with van der Waals surface area (Å²) in [6.45, 7) is 5.71. The highest BCUT2D eigenvalue weighted by molar-refractivity contribution is 5.94. The lowest BCUT2D eigenvalue weighted by molar-refractivity contribution is 0.0931. The van der Waals surface area contributed by atoms with Gasteiger partial charge in [0.15, 0.2) is 0 Å². The third-order valence-electron chi connectivity index (χ3n) is 5.48. The SMILES string of the molecule is Cc1ccc(C(=O)NC2CCN(c3nccc(Nc4ccccc4C)n3)CC2)cc1. The fourth-order valence-corrected chi connectivity index (χ4v) is 3.62. The smallest absolute Gasteiger partial charge is 0.251 e. The molecule has 0 atom stereocenters. The predicted molar refractivity (Wildman–Crippen MR) is 120 cm³/mol. The second kappa shape index (κ2) is 8.95. The topological polar surface area (TPSA) is 70.2 Å². The van der Waals surface area contributed by atoms with Crippen molar-refractivity contribution in [2.24, 2.45) is 0 Å². The first-order valence-corrected chi connectivity index (χ1v) is 10.4. The first kappa shape index (κ1) is 19.9. The number of nitrogens with one attached hydrogen (secondary N) is 2. The van der Waals surface area contributed by atoms with Crippen LogP contribution in [0.4, 0.5) is 17.5 Å². The number of aryl methyl sites for hydroxylation is 2. The van der Waals surface area contributed by atoms with Crippen molar-refractivity contribution in [3.63, 3.8) is 0 Å². The van der Waals surface area contributed by atoms with E-state index in [1.807, 2.05) is 55.5 Å². The van der Waals surface area contributed by atoms with Gasteiger partial charge < -0.3 is 15.5 Å². The highest BCUT2D eigenvalue weighted by Gasteiger charge is 2.23. The Hall–Kier alpha value is -3.41. The number of hydrogen-bond donors (Lipinski definition) is 2. The summed E-state index contributed by atoms with van der Waals surface area (Å²) in [6.07, 6.45) is 3.53. The van der Waals surface area contributed by atoms with Gasteiger partial charge >= 0.3 is 0 Å².